The summed E-state index contributed by atoms with van der Waals surface area (Å²) in [5.41, 5.74) is 4.52. The van der Waals surface area contributed by atoms with Crippen molar-refractivity contribution in [2.75, 3.05) is 0 Å². The number of ether oxygens (including phenoxy) is 1. The highest BCUT2D eigenvalue weighted by Gasteiger charge is 2.61. The lowest BCUT2D eigenvalue weighted by Gasteiger charge is -2.61. The summed E-state index contributed by atoms with van der Waals surface area (Å²) in [5, 5.41) is 2.99. The maximum absolute atomic E-state index is 13.5. The number of aromatic nitrogens is 1. The van der Waals surface area contributed by atoms with Crippen molar-refractivity contribution in [1.82, 2.24) is 4.98 Å². The summed E-state index contributed by atoms with van der Waals surface area (Å²) >= 11 is 1.61. The van der Waals surface area contributed by atoms with E-state index in [-0.39, 0.29) is 23.4 Å². The standard InChI is InChI=1S/C28H29NO2S/c1-19-7-9-23(10-8-19)27-12-20-11-21(13-27)15-28(14-20,18-27)26(30)31-16-24-17-32-25(29-24)22-5-3-2-4-6-22/h2-10,17,20-21H,11-16,18H2,1H3/t20-,21+,27?,28?. The highest BCUT2D eigenvalue weighted by Crippen LogP contribution is 2.66. The molecule has 0 aliphatic heterocycles. The third-order valence-corrected chi connectivity index (χ3v) is 9.02. The summed E-state index contributed by atoms with van der Waals surface area (Å²) < 4.78 is 5.97. The maximum Gasteiger partial charge on any atom is 0.312 e. The predicted octanol–water partition coefficient (Wildman–Crippen LogP) is 6.70. The first-order valence-electron chi connectivity index (χ1n) is 11.8. The van der Waals surface area contributed by atoms with E-state index < -0.39 is 0 Å². The van der Waals surface area contributed by atoms with Gasteiger partial charge in [-0.2, -0.15) is 0 Å². The van der Waals surface area contributed by atoms with Crippen molar-refractivity contribution in [2.45, 2.75) is 57.5 Å². The zero-order valence-electron chi connectivity index (χ0n) is 18.5. The number of carbonyl (C=O) groups excluding carboxylic acids is 1. The minimum absolute atomic E-state index is 0.0114. The van der Waals surface area contributed by atoms with Gasteiger partial charge in [0.1, 0.15) is 11.6 Å². The number of carbonyl (C=O) groups is 1. The van der Waals surface area contributed by atoms with Crippen LogP contribution in [-0.4, -0.2) is 11.0 Å². The average molecular weight is 444 g/mol. The number of aryl methyl sites for hydroxylation is 1. The van der Waals surface area contributed by atoms with Crippen LogP contribution in [-0.2, 0) is 21.6 Å². The van der Waals surface area contributed by atoms with Gasteiger partial charge in [0.05, 0.1) is 11.1 Å². The average Bonchev–Trinajstić information content (AvgIpc) is 3.27. The Morgan fingerprint density at radius 1 is 1.03 bits per heavy atom. The Balaban J connectivity index is 1.20. The van der Waals surface area contributed by atoms with Gasteiger partial charge in [0, 0.05) is 10.9 Å². The second kappa shape index (κ2) is 7.55. The van der Waals surface area contributed by atoms with Gasteiger partial charge in [-0.1, -0.05) is 60.2 Å². The van der Waals surface area contributed by atoms with E-state index >= 15 is 0 Å². The first kappa shape index (κ1) is 20.2. The lowest BCUT2D eigenvalue weighted by atomic mass is 9.43. The Hall–Kier alpha value is -2.46. The smallest absolute Gasteiger partial charge is 0.312 e. The predicted molar refractivity (Wildman–Crippen MR) is 127 cm³/mol. The number of rotatable bonds is 5. The molecule has 32 heavy (non-hydrogen) atoms. The molecule has 2 aromatic carbocycles. The molecule has 2 unspecified atom stereocenters. The Morgan fingerprint density at radius 3 is 2.47 bits per heavy atom. The number of hydrogen-bond donors (Lipinski definition) is 0. The van der Waals surface area contributed by atoms with Crippen molar-refractivity contribution in [3.05, 3.63) is 76.8 Å². The van der Waals surface area contributed by atoms with Crippen molar-refractivity contribution in [3.63, 3.8) is 0 Å². The molecule has 3 aromatic rings. The van der Waals surface area contributed by atoms with E-state index in [1.807, 2.05) is 23.6 Å². The van der Waals surface area contributed by atoms with Gasteiger partial charge in [-0.15, -0.1) is 11.3 Å². The minimum Gasteiger partial charge on any atom is -0.459 e. The highest BCUT2D eigenvalue weighted by molar-refractivity contribution is 7.13. The molecule has 4 bridgehead atoms. The third-order valence-electron chi connectivity index (χ3n) is 8.08. The van der Waals surface area contributed by atoms with Crippen LogP contribution in [0.5, 0.6) is 0 Å². The Labute approximate surface area is 193 Å². The number of hydrogen-bond acceptors (Lipinski definition) is 4. The molecule has 4 fully saturated rings. The largest absolute Gasteiger partial charge is 0.459 e. The molecule has 0 saturated heterocycles. The molecule has 1 heterocycles. The SMILES string of the molecule is Cc1ccc(C23C[C@@H]4C[C@@H](CC(C(=O)OCc5csc(-c6ccccc6)n5)(C4)C2)C3)cc1. The molecule has 3 nitrogen and oxygen atoms in total. The summed E-state index contributed by atoms with van der Waals surface area (Å²) in [6, 6.07) is 19.2. The van der Waals surface area contributed by atoms with Crippen LogP contribution in [0.2, 0.25) is 0 Å². The highest BCUT2D eigenvalue weighted by atomic mass is 32.1. The maximum atomic E-state index is 13.5. The van der Waals surface area contributed by atoms with Crippen molar-refractivity contribution in [1.29, 1.82) is 0 Å². The Morgan fingerprint density at radius 2 is 1.75 bits per heavy atom. The van der Waals surface area contributed by atoms with E-state index in [9.17, 15) is 4.79 Å². The first-order valence-corrected chi connectivity index (χ1v) is 12.7. The topological polar surface area (TPSA) is 39.2 Å². The van der Waals surface area contributed by atoms with Crippen molar-refractivity contribution >= 4 is 17.3 Å². The molecule has 0 spiro atoms. The molecular formula is C28H29NO2S. The lowest BCUT2D eigenvalue weighted by Crippen LogP contribution is -2.57. The van der Waals surface area contributed by atoms with Gasteiger partial charge in [-0.25, -0.2) is 4.98 Å². The summed E-state index contributed by atoms with van der Waals surface area (Å²) in [4.78, 5) is 18.2. The second-order valence-corrected chi connectivity index (χ2v) is 11.3. The molecule has 1 aromatic heterocycles. The molecule has 0 N–H and O–H groups in total. The van der Waals surface area contributed by atoms with Crippen LogP contribution in [0.3, 0.4) is 0 Å². The van der Waals surface area contributed by atoms with Crippen LogP contribution >= 0.6 is 11.3 Å². The van der Waals surface area contributed by atoms with Crippen LogP contribution in [0.4, 0.5) is 0 Å². The molecular weight excluding hydrogens is 414 g/mol. The molecule has 164 valence electrons. The number of esters is 1. The first-order chi connectivity index (χ1) is 15.5. The summed E-state index contributed by atoms with van der Waals surface area (Å²) in [5.74, 6) is 1.31. The molecule has 4 saturated carbocycles. The molecule has 4 aliphatic rings. The van der Waals surface area contributed by atoms with E-state index in [1.165, 1.54) is 30.4 Å². The normalized spacial score (nSPS) is 30.4. The zero-order chi connectivity index (χ0) is 21.8. The Kier molecular flexibility index (Phi) is 4.76. The van der Waals surface area contributed by atoms with E-state index in [4.69, 9.17) is 9.72 Å². The van der Waals surface area contributed by atoms with Crippen LogP contribution < -0.4 is 0 Å². The lowest BCUT2D eigenvalue weighted by molar-refractivity contribution is -0.175. The van der Waals surface area contributed by atoms with Gasteiger partial charge in [-0.3, -0.25) is 4.79 Å². The summed E-state index contributed by atoms with van der Waals surface area (Å²) in [6.45, 7) is 2.42. The fraction of sp³-hybridized carbons (Fsp3) is 0.429. The fourth-order valence-corrected chi connectivity index (χ4v) is 7.94. The number of thiazole rings is 1. The van der Waals surface area contributed by atoms with Crippen LogP contribution in [0, 0.1) is 24.2 Å². The Bertz CT molecular complexity index is 1120. The van der Waals surface area contributed by atoms with Crippen molar-refractivity contribution in [3.8, 4) is 10.6 Å². The van der Waals surface area contributed by atoms with E-state index in [1.54, 1.807) is 11.3 Å². The van der Waals surface area contributed by atoms with E-state index in [2.05, 4.69) is 43.3 Å². The van der Waals surface area contributed by atoms with Crippen LogP contribution in [0.15, 0.2) is 60.0 Å². The van der Waals surface area contributed by atoms with Gasteiger partial charge in [0.2, 0.25) is 0 Å². The van der Waals surface area contributed by atoms with E-state index in [0.29, 0.717) is 11.8 Å². The summed E-state index contributed by atoms with van der Waals surface area (Å²) in [6.07, 6.45) is 6.70. The zero-order valence-corrected chi connectivity index (χ0v) is 19.4. The number of nitrogens with zero attached hydrogens (tertiary/aromatic N) is 1. The minimum atomic E-state index is -0.312. The monoisotopic (exact) mass is 443 g/mol. The van der Waals surface area contributed by atoms with Gasteiger partial charge < -0.3 is 4.74 Å². The fourth-order valence-electron chi connectivity index (χ4n) is 7.13. The van der Waals surface area contributed by atoms with Gasteiger partial charge >= 0.3 is 5.97 Å². The molecule has 4 atom stereocenters. The van der Waals surface area contributed by atoms with Gasteiger partial charge in [0.25, 0.3) is 0 Å². The van der Waals surface area contributed by atoms with Gasteiger partial charge in [-0.05, 0) is 68.3 Å². The quantitative estimate of drug-likeness (QED) is 0.412. The third kappa shape index (κ3) is 3.40. The van der Waals surface area contributed by atoms with E-state index in [0.717, 1.165) is 35.5 Å². The molecule has 4 heteroatoms. The molecule has 4 aliphatic carbocycles. The van der Waals surface area contributed by atoms with Gasteiger partial charge in [0.15, 0.2) is 0 Å². The molecule has 0 radical (unpaired) electrons. The second-order valence-electron chi connectivity index (χ2n) is 10.5. The summed E-state index contributed by atoms with van der Waals surface area (Å²) in [7, 11) is 0. The molecule has 7 rings (SSSR count). The van der Waals surface area contributed by atoms with Crippen molar-refractivity contribution in [2.24, 2.45) is 17.3 Å². The number of benzene rings is 2. The van der Waals surface area contributed by atoms with Crippen LogP contribution in [0.1, 0.15) is 55.3 Å². The van der Waals surface area contributed by atoms with Crippen molar-refractivity contribution < 1.29 is 9.53 Å². The molecule has 0 amide bonds. The van der Waals surface area contributed by atoms with Crippen LogP contribution in [0.25, 0.3) is 10.6 Å².